The normalized spacial score (nSPS) is 20.7. The zero-order valence-corrected chi connectivity index (χ0v) is 6.98. The van der Waals surface area contributed by atoms with Gasteiger partial charge in [0.1, 0.15) is 5.69 Å². The number of cyclic esters (lactones) is 1. The van der Waals surface area contributed by atoms with Crippen molar-refractivity contribution in [1.82, 2.24) is 4.57 Å². The van der Waals surface area contributed by atoms with Gasteiger partial charge in [0.2, 0.25) is 0 Å². The van der Waals surface area contributed by atoms with E-state index in [0.717, 1.165) is 11.1 Å². The predicted molar refractivity (Wildman–Crippen MR) is 44.3 cm³/mol. The summed E-state index contributed by atoms with van der Waals surface area (Å²) < 4.78 is 12.0. The van der Waals surface area contributed by atoms with Crippen molar-refractivity contribution >= 4 is 17.1 Å². The number of carbonyl (C=O) groups is 1. The Bertz CT molecular complexity index is 494. The lowest BCUT2D eigenvalue weighted by molar-refractivity contribution is 0.0337. The summed E-state index contributed by atoms with van der Waals surface area (Å²) in [6.07, 6.45) is 1.38. The molecule has 66 valence electrons. The number of rotatable bonds is 0. The third kappa shape index (κ3) is 0.678. The molecule has 3 heterocycles. The van der Waals surface area contributed by atoms with E-state index >= 15 is 0 Å². The molecule has 13 heavy (non-hydrogen) atoms. The molecule has 4 heteroatoms. The van der Waals surface area contributed by atoms with Crippen LogP contribution >= 0.6 is 0 Å². The molecule has 0 amide bonds. The zero-order chi connectivity index (χ0) is 9.00. The van der Waals surface area contributed by atoms with Crippen LogP contribution in [0, 0.1) is 0 Å². The molecule has 0 radical (unpaired) electrons. The number of ether oxygens (including phenoxy) is 1. The van der Waals surface area contributed by atoms with E-state index in [4.69, 9.17) is 9.15 Å². The predicted octanol–water partition coefficient (Wildman–Crippen LogP) is 1.92. The Labute approximate surface area is 73.7 Å². The minimum atomic E-state index is -0.279. The first-order valence-electron chi connectivity index (χ1n) is 4.07. The zero-order valence-electron chi connectivity index (χ0n) is 6.98. The van der Waals surface area contributed by atoms with E-state index in [1.807, 2.05) is 17.6 Å². The van der Waals surface area contributed by atoms with Gasteiger partial charge < -0.3 is 9.15 Å². The molecule has 1 atom stereocenters. The molecule has 0 aliphatic carbocycles. The fraction of sp³-hybridized carbons (Fsp3) is 0.222. The molecule has 3 rings (SSSR count). The molecule has 0 bridgehead atoms. The van der Waals surface area contributed by atoms with Gasteiger partial charge in [0.15, 0.2) is 11.8 Å². The molecule has 1 aliphatic rings. The van der Waals surface area contributed by atoms with Crippen molar-refractivity contribution in [3.8, 4) is 0 Å². The number of nitrogens with zero attached hydrogens (tertiary/aromatic N) is 1. The van der Waals surface area contributed by atoms with Gasteiger partial charge in [-0.3, -0.25) is 4.57 Å². The summed E-state index contributed by atoms with van der Waals surface area (Å²) in [7, 11) is 0. The number of hydrogen-bond donors (Lipinski definition) is 0. The summed E-state index contributed by atoms with van der Waals surface area (Å²) in [6, 6.07) is 3.54. The maximum absolute atomic E-state index is 11.3. The third-order valence-electron chi connectivity index (χ3n) is 2.31. The summed E-state index contributed by atoms with van der Waals surface area (Å²) in [5.74, 6) is -0.279. The van der Waals surface area contributed by atoms with Crippen molar-refractivity contribution < 1.29 is 13.9 Å². The standard InChI is InChI=1S/C9H7NO3/c1-5-10-6-2-3-12-8(6)4-7(10)9(11)13-5/h2-5H,1H3. The number of esters is 1. The molecule has 0 saturated carbocycles. The van der Waals surface area contributed by atoms with Crippen LogP contribution in [0.15, 0.2) is 22.8 Å². The largest absolute Gasteiger partial charge is 0.463 e. The van der Waals surface area contributed by atoms with E-state index in [9.17, 15) is 4.79 Å². The van der Waals surface area contributed by atoms with E-state index in [0.29, 0.717) is 5.69 Å². The second-order valence-electron chi connectivity index (χ2n) is 3.07. The molecule has 1 aliphatic heterocycles. The van der Waals surface area contributed by atoms with E-state index in [1.54, 1.807) is 12.3 Å². The Balaban J connectivity index is 2.43. The second-order valence-corrected chi connectivity index (χ2v) is 3.07. The molecule has 0 saturated heterocycles. The van der Waals surface area contributed by atoms with Crippen molar-refractivity contribution in [2.75, 3.05) is 0 Å². The van der Waals surface area contributed by atoms with Crippen LogP contribution in [-0.2, 0) is 4.74 Å². The first-order valence-corrected chi connectivity index (χ1v) is 4.07. The van der Waals surface area contributed by atoms with Crippen LogP contribution in [0.2, 0.25) is 0 Å². The molecular formula is C9H7NO3. The van der Waals surface area contributed by atoms with Crippen LogP contribution in [0.1, 0.15) is 23.6 Å². The topological polar surface area (TPSA) is 44.4 Å². The van der Waals surface area contributed by atoms with E-state index in [1.165, 1.54) is 0 Å². The van der Waals surface area contributed by atoms with Crippen LogP contribution in [-0.4, -0.2) is 10.5 Å². The van der Waals surface area contributed by atoms with Gasteiger partial charge in [0, 0.05) is 12.1 Å². The van der Waals surface area contributed by atoms with Crippen LogP contribution in [0.5, 0.6) is 0 Å². The Hall–Kier alpha value is -1.71. The molecular weight excluding hydrogens is 170 g/mol. The van der Waals surface area contributed by atoms with Crippen molar-refractivity contribution in [1.29, 1.82) is 0 Å². The summed E-state index contributed by atoms with van der Waals surface area (Å²) in [4.78, 5) is 11.3. The lowest BCUT2D eigenvalue weighted by Gasteiger charge is -2.04. The summed E-state index contributed by atoms with van der Waals surface area (Å²) >= 11 is 0. The van der Waals surface area contributed by atoms with Crippen LogP contribution in [0.3, 0.4) is 0 Å². The van der Waals surface area contributed by atoms with Gasteiger partial charge in [0.05, 0.1) is 11.8 Å². The van der Waals surface area contributed by atoms with Gasteiger partial charge in [-0.05, 0) is 6.92 Å². The average molecular weight is 177 g/mol. The van der Waals surface area contributed by atoms with Gasteiger partial charge in [0.25, 0.3) is 0 Å². The number of furan rings is 1. The first kappa shape index (κ1) is 6.77. The quantitative estimate of drug-likeness (QED) is 0.577. The maximum Gasteiger partial charge on any atom is 0.357 e. The van der Waals surface area contributed by atoms with Crippen molar-refractivity contribution in [2.45, 2.75) is 13.2 Å². The molecule has 2 aromatic heterocycles. The summed E-state index contributed by atoms with van der Waals surface area (Å²) in [5, 5.41) is 0. The highest BCUT2D eigenvalue weighted by Gasteiger charge is 2.30. The van der Waals surface area contributed by atoms with Gasteiger partial charge in [-0.15, -0.1) is 0 Å². The Morgan fingerprint density at radius 3 is 3.23 bits per heavy atom. The molecule has 2 aromatic rings. The smallest absolute Gasteiger partial charge is 0.357 e. The van der Waals surface area contributed by atoms with Gasteiger partial charge >= 0.3 is 5.97 Å². The maximum atomic E-state index is 11.3. The number of aromatic nitrogens is 1. The van der Waals surface area contributed by atoms with Gasteiger partial charge in [-0.1, -0.05) is 0 Å². The average Bonchev–Trinajstić information content (AvgIpc) is 2.63. The first-order chi connectivity index (χ1) is 6.27. The monoisotopic (exact) mass is 177 g/mol. The Kier molecular flexibility index (Phi) is 1.02. The van der Waals surface area contributed by atoms with Crippen molar-refractivity contribution in [3.63, 3.8) is 0 Å². The lowest BCUT2D eigenvalue weighted by Crippen LogP contribution is -1.98. The fourth-order valence-electron chi connectivity index (χ4n) is 1.76. The van der Waals surface area contributed by atoms with E-state index in [2.05, 4.69) is 0 Å². The SMILES string of the molecule is CC1OC(=O)c2cc3occc3n21. The molecule has 1 unspecified atom stereocenters. The van der Waals surface area contributed by atoms with Crippen LogP contribution in [0.25, 0.3) is 11.1 Å². The number of hydrogen-bond acceptors (Lipinski definition) is 3. The minimum absolute atomic E-state index is 0.224. The lowest BCUT2D eigenvalue weighted by atomic mass is 10.4. The Morgan fingerprint density at radius 1 is 1.54 bits per heavy atom. The minimum Gasteiger partial charge on any atom is -0.463 e. The van der Waals surface area contributed by atoms with Gasteiger partial charge in [-0.2, -0.15) is 0 Å². The molecule has 0 aromatic carbocycles. The molecule has 0 N–H and O–H groups in total. The Morgan fingerprint density at radius 2 is 2.38 bits per heavy atom. The van der Waals surface area contributed by atoms with Crippen LogP contribution in [0.4, 0.5) is 0 Å². The molecule has 0 fully saturated rings. The number of carbonyl (C=O) groups excluding carboxylic acids is 1. The fourth-order valence-corrected chi connectivity index (χ4v) is 1.76. The van der Waals surface area contributed by atoms with Crippen molar-refractivity contribution in [3.05, 3.63) is 24.1 Å². The highest BCUT2D eigenvalue weighted by molar-refractivity contribution is 5.95. The van der Waals surface area contributed by atoms with E-state index < -0.39 is 0 Å². The summed E-state index contributed by atoms with van der Waals surface area (Å²) in [5.41, 5.74) is 2.22. The van der Waals surface area contributed by atoms with E-state index in [-0.39, 0.29) is 12.2 Å². The summed E-state index contributed by atoms with van der Waals surface area (Å²) in [6.45, 7) is 1.83. The highest BCUT2D eigenvalue weighted by atomic mass is 16.6. The third-order valence-corrected chi connectivity index (χ3v) is 2.31. The molecule has 4 nitrogen and oxygen atoms in total. The molecule has 0 spiro atoms. The second kappa shape index (κ2) is 1.96. The van der Waals surface area contributed by atoms with Gasteiger partial charge in [-0.25, -0.2) is 4.79 Å². The van der Waals surface area contributed by atoms with Crippen LogP contribution < -0.4 is 0 Å². The number of fused-ring (bicyclic) bond motifs is 3. The van der Waals surface area contributed by atoms with Crippen molar-refractivity contribution in [2.24, 2.45) is 0 Å². The highest BCUT2D eigenvalue weighted by Crippen LogP contribution is 2.31.